The van der Waals surface area contributed by atoms with Crippen LogP contribution in [0.3, 0.4) is 0 Å². The van der Waals surface area contributed by atoms with Crippen molar-refractivity contribution in [2.75, 3.05) is 33.4 Å². The number of hydrogen-bond donors (Lipinski definition) is 1. The Hall–Kier alpha value is -1.82. The molecule has 5 heteroatoms. The molecule has 1 aromatic carbocycles. The predicted octanol–water partition coefficient (Wildman–Crippen LogP) is 2.48. The van der Waals surface area contributed by atoms with Crippen LogP contribution in [0.15, 0.2) is 47.1 Å². The number of aliphatic hydroxyl groups excluding tert-OH is 1. The second-order valence-electron chi connectivity index (χ2n) is 5.54. The molecule has 0 aliphatic heterocycles. The third-order valence-corrected chi connectivity index (χ3v) is 3.56. The van der Waals surface area contributed by atoms with Crippen LogP contribution in [0.1, 0.15) is 11.3 Å². The summed E-state index contributed by atoms with van der Waals surface area (Å²) in [5, 5.41) is 10.3. The standard InChI is InChI=1S/C18H25NO4/c1-15-6-3-4-8-18(15)23-14-16(20)12-19(9-11-21-2)13-17-7-5-10-22-17/h3-8,10,16,20H,9,11-14H2,1-2H3/t16-/m1/s1. The third-order valence-electron chi connectivity index (χ3n) is 3.56. The minimum absolute atomic E-state index is 0.256. The van der Waals surface area contributed by atoms with E-state index in [1.54, 1.807) is 13.4 Å². The van der Waals surface area contributed by atoms with E-state index in [-0.39, 0.29) is 6.61 Å². The van der Waals surface area contributed by atoms with Gasteiger partial charge in [0.15, 0.2) is 0 Å². The molecule has 0 unspecified atom stereocenters. The van der Waals surface area contributed by atoms with E-state index in [1.807, 2.05) is 43.3 Å². The van der Waals surface area contributed by atoms with Gasteiger partial charge >= 0.3 is 0 Å². The summed E-state index contributed by atoms with van der Waals surface area (Å²) < 4.78 is 16.2. The highest BCUT2D eigenvalue weighted by Crippen LogP contribution is 2.16. The number of aliphatic hydroxyl groups is 1. The fourth-order valence-corrected chi connectivity index (χ4v) is 2.33. The molecule has 1 heterocycles. The molecular formula is C18H25NO4. The highest BCUT2D eigenvalue weighted by molar-refractivity contribution is 5.31. The molecule has 0 radical (unpaired) electrons. The van der Waals surface area contributed by atoms with Gasteiger partial charge in [-0.15, -0.1) is 0 Å². The van der Waals surface area contributed by atoms with Crippen molar-refractivity contribution in [3.05, 3.63) is 54.0 Å². The van der Waals surface area contributed by atoms with E-state index in [0.29, 0.717) is 19.7 Å². The second-order valence-corrected chi connectivity index (χ2v) is 5.54. The van der Waals surface area contributed by atoms with Gasteiger partial charge in [0.25, 0.3) is 0 Å². The molecular weight excluding hydrogens is 294 g/mol. The SMILES string of the molecule is COCCN(Cc1ccco1)C[C@@H](O)COc1ccccc1C. The van der Waals surface area contributed by atoms with Gasteiger partial charge in [-0.3, -0.25) is 4.90 Å². The Morgan fingerprint density at radius 1 is 1.22 bits per heavy atom. The van der Waals surface area contributed by atoms with Crippen LogP contribution < -0.4 is 4.74 Å². The van der Waals surface area contributed by atoms with E-state index in [2.05, 4.69) is 4.90 Å². The van der Waals surface area contributed by atoms with Crippen LogP contribution in [-0.4, -0.2) is 49.5 Å². The Labute approximate surface area is 137 Å². The summed E-state index contributed by atoms with van der Waals surface area (Å²) >= 11 is 0. The normalized spacial score (nSPS) is 12.5. The number of aryl methyl sites for hydroxylation is 1. The minimum Gasteiger partial charge on any atom is -0.491 e. The van der Waals surface area contributed by atoms with Crippen molar-refractivity contribution in [2.24, 2.45) is 0 Å². The molecule has 0 bridgehead atoms. The molecule has 0 saturated heterocycles. The summed E-state index contributed by atoms with van der Waals surface area (Å²) in [6, 6.07) is 11.6. The first-order chi connectivity index (χ1) is 11.2. The van der Waals surface area contributed by atoms with Crippen molar-refractivity contribution in [3.63, 3.8) is 0 Å². The van der Waals surface area contributed by atoms with Gasteiger partial charge in [-0.25, -0.2) is 0 Å². The van der Waals surface area contributed by atoms with Gasteiger partial charge in [-0.05, 0) is 30.7 Å². The minimum atomic E-state index is -0.582. The number of rotatable bonds is 10. The molecule has 1 aromatic heterocycles. The van der Waals surface area contributed by atoms with Crippen molar-refractivity contribution in [1.82, 2.24) is 4.90 Å². The molecule has 0 spiro atoms. The number of ether oxygens (including phenoxy) is 2. The van der Waals surface area contributed by atoms with E-state index >= 15 is 0 Å². The first-order valence-corrected chi connectivity index (χ1v) is 7.79. The zero-order valence-electron chi connectivity index (χ0n) is 13.8. The van der Waals surface area contributed by atoms with E-state index in [9.17, 15) is 5.11 Å². The lowest BCUT2D eigenvalue weighted by atomic mass is 10.2. The Morgan fingerprint density at radius 3 is 2.74 bits per heavy atom. The maximum absolute atomic E-state index is 10.3. The quantitative estimate of drug-likeness (QED) is 0.729. The van der Waals surface area contributed by atoms with Gasteiger partial charge < -0.3 is 19.0 Å². The monoisotopic (exact) mass is 319 g/mol. The van der Waals surface area contributed by atoms with Crippen LogP contribution in [0.25, 0.3) is 0 Å². The van der Waals surface area contributed by atoms with Crippen molar-refractivity contribution < 1.29 is 19.0 Å². The van der Waals surface area contributed by atoms with Gasteiger partial charge in [-0.1, -0.05) is 18.2 Å². The first kappa shape index (κ1) is 17.5. The highest BCUT2D eigenvalue weighted by atomic mass is 16.5. The lowest BCUT2D eigenvalue weighted by molar-refractivity contribution is 0.0516. The predicted molar refractivity (Wildman–Crippen MR) is 88.5 cm³/mol. The number of methoxy groups -OCH3 is 1. The molecule has 5 nitrogen and oxygen atoms in total. The van der Waals surface area contributed by atoms with Crippen LogP contribution in [0, 0.1) is 6.92 Å². The summed E-state index contributed by atoms with van der Waals surface area (Å²) in [5.74, 6) is 1.68. The van der Waals surface area contributed by atoms with Gasteiger partial charge in [0, 0.05) is 20.2 Å². The maximum Gasteiger partial charge on any atom is 0.122 e. The zero-order chi connectivity index (χ0) is 16.5. The van der Waals surface area contributed by atoms with Crippen LogP contribution in [0.2, 0.25) is 0 Å². The molecule has 1 N–H and O–H groups in total. The fraction of sp³-hybridized carbons (Fsp3) is 0.444. The van der Waals surface area contributed by atoms with Crippen LogP contribution in [0.4, 0.5) is 0 Å². The molecule has 126 valence electrons. The second kappa shape index (κ2) is 9.35. The fourth-order valence-electron chi connectivity index (χ4n) is 2.33. The molecule has 0 aliphatic carbocycles. The number of benzene rings is 1. The molecule has 0 amide bonds. The average Bonchev–Trinajstić information content (AvgIpc) is 3.05. The number of furan rings is 1. The molecule has 0 aliphatic rings. The van der Waals surface area contributed by atoms with E-state index in [4.69, 9.17) is 13.9 Å². The molecule has 1 atom stereocenters. The molecule has 0 saturated carbocycles. The van der Waals surface area contributed by atoms with Crippen LogP contribution >= 0.6 is 0 Å². The lowest BCUT2D eigenvalue weighted by Crippen LogP contribution is -2.37. The summed E-state index contributed by atoms with van der Waals surface area (Å²) in [6.45, 7) is 4.70. The Bertz CT molecular complexity index is 556. The Balaban J connectivity index is 1.83. The molecule has 2 aromatic rings. The van der Waals surface area contributed by atoms with Crippen LogP contribution in [0.5, 0.6) is 5.75 Å². The number of para-hydroxylation sites is 1. The highest BCUT2D eigenvalue weighted by Gasteiger charge is 2.14. The zero-order valence-corrected chi connectivity index (χ0v) is 13.8. The van der Waals surface area contributed by atoms with Crippen molar-refractivity contribution in [2.45, 2.75) is 19.6 Å². The molecule has 23 heavy (non-hydrogen) atoms. The maximum atomic E-state index is 10.3. The van der Waals surface area contributed by atoms with Crippen LogP contribution in [-0.2, 0) is 11.3 Å². The van der Waals surface area contributed by atoms with E-state index < -0.39 is 6.10 Å². The lowest BCUT2D eigenvalue weighted by Gasteiger charge is -2.24. The van der Waals surface area contributed by atoms with E-state index in [1.165, 1.54) is 0 Å². The van der Waals surface area contributed by atoms with Gasteiger partial charge in [0.2, 0.25) is 0 Å². The summed E-state index contributed by atoms with van der Waals surface area (Å²) in [5.41, 5.74) is 1.06. The summed E-state index contributed by atoms with van der Waals surface area (Å²) in [4.78, 5) is 2.09. The topological polar surface area (TPSA) is 55.1 Å². The molecule has 2 rings (SSSR count). The summed E-state index contributed by atoms with van der Waals surface area (Å²) in [7, 11) is 1.67. The number of hydrogen-bond acceptors (Lipinski definition) is 5. The number of nitrogens with zero attached hydrogens (tertiary/aromatic N) is 1. The largest absolute Gasteiger partial charge is 0.491 e. The van der Waals surface area contributed by atoms with E-state index in [0.717, 1.165) is 23.6 Å². The Morgan fingerprint density at radius 2 is 2.04 bits per heavy atom. The third kappa shape index (κ3) is 6.06. The molecule has 0 fully saturated rings. The van der Waals surface area contributed by atoms with Gasteiger partial charge in [0.1, 0.15) is 24.2 Å². The van der Waals surface area contributed by atoms with Gasteiger partial charge in [-0.2, -0.15) is 0 Å². The smallest absolute Gasteiger partial charge is 0.122 e. The van der Waals surface area contributed by atoms with Crippen molar-refractivity contribution in [3.8, 4) is 5.75 Å². The van der Waals surface area contributed by atoms with Crippen molar-refractivity contribution >= 4 is 0 Å². The van der Waals surface area contributed by atoms with Gasteiger partial charge in [0.05, 0.1) is 19.4 Å². The average molecular weight is 319 g/mol. The van der Waals surface area contributed by atoms with Crippen molar-refractivity contribution in [1.29, 1.82) is 0 Å². The first-order valence-electron chi connectivity index (χ1n) is 7.79. The summed E-state index contributed by atoms with van der Waals surface area (Å²) in [6.07, 6.45) is 1.07. The Kier molecular flexibility index (Phi) is 7.13.